The molecule has 1 saturated carbocycles. The second-order valence-corrected chi connectivity index (χ2v) is 8.23. The summed E-state index contributed by atoms with van der Waals surface area (Å²) in [6.07, 6.45) is 7.62. The van der Waals surface area contributed by atoms with Gasteiger partial charge in [0.05, 0.1) is 12.3 Å². The van der Waals surface area contributed by atoms with Crippen LogP contribution in [0, 0.1) is 0 Å². The zero-order valence-corrected chi connectivity index (χ0v) is 17.1. The predicted molar refractivity (Wildman–Crippen MR) is 115 cm³/mol. The molecular weight excluding hydrogens is 382 g/mol. The van der Waals surface area contributed by atoms with Gasteiger partial charge in [-0.1, -0.05) is 67.4 Å². The van der Waals surface area contributed by atoms with E-state index in [1.165, 1.54) is 31.0 Å². The highest BCUT2D eigenvalue weighted by molar-refractivity contribution is 7.99. The number of pyridine rings is 1. The minimum atomic E-state index is 0.0653. The van der Waals surface area contributed by atoms with Gasteiger partial charge in [-0.15, -0.1) is 10.2 Å². The van der Waals surface area contributed by atoms with E-state index in [4.69, 9.17) is 0 Å². The number of thioether (sulfide) groups is 1. The van der Waals surface area contributed by atoms with Crippen LogP contribution in [0.1, 0.15) is 37.7 Å². The quantitative estimate of drug-likeness (QED) is 0.601. The summed E-state index contributed by atoms with van der Waals surface area (Å²) in [6.45, 7) is 0.631. The summed E-state index contributed by atoms with van der Waals surface area (Å²) < 4.78 is 2.04. The summed E-state index contributed by atoms with van der Waals surface area (Å²) in [5, 5.41) is 12.6. The standard InChI is InChI=1S/C22H25N5OS/c28-20(24-18-11-5-2-6-12-18)16-29-22-26-25-21(19-13-7-8-14-23-19)27(22)15-17-9-3-1-4-10-17/h1,3-4,7-10,13-14,18H,2,5-6,11-12,15-16H2,(H,24,28). The Hall–Kier alpha value is -2.67. The number of aromatic nitrogens is 4. The van der Waals surface area contributed by atoms with Crippen molar-refractivity contribution >= 4 is 17.7 Å². The van der Waals surface area contributed by atoms with E-state index in [1.54, 1.807) is 6.20 Å². The maximum Gasteiger partial charge on any atom is 0.230 e. The predicted octanol–water partition coefficient (Wildman–Crippen LogP) is 3.93. The van der Waals surface area contributed by atoms with Gasteiger partial charge in [0.1, 0.15) is 5.69 Å². The van der Waals surface area contributed by atoms with Crippen molar-refractivity contribution in [2.75, 3.05) is 5.75 Å². The molecule has 0 unspecified atom stereocenters. The molecule has 1 aromatic carbocycles. The topological polar surface area (TPSA) is 72.7 Å². The number of nitrogens with one attached hydrogen (secondary N) is 1. The van der Waals surface area contributed by atoms with E-state index in [9.17, 15) is 4.79 Å². The van der Waals surface area contributed by atoms with Gasteiger partial charge < -0.3 is 5.32 Å². The van der Waals surface area contributed by atoms with E-state index < -0.39 is 0 Å². The highest BCUT2D eigenvalue weighted by Gasteiger charge is 2.19. The molecule has 0 aliphatic heterocycles. The molecule has 2 aromatic heterocycles. The van der Waals surface area contributed by atoms with E-state index in [0.29, 0.717) is 24.2 Å². The van der Waals surface area contributed by atoms with Crippen molar-refractivity contribution in [3.8, 4) is 11.5 Å². The van der Waals surface area contributed by atoms with Crippen LogP contribution in [0.4, 0.5) is 0 Å². The maximum absolute atomic E-state index is 12.4. The molecule has 4 rings (SSSR count). The lowest BCUT2D eigenvalue weighted by Gasteiger charge is -2.22. The molecule has 0 spiro atoms. The molecule has 1 N–H and O–H groups in total. The first-order valence-electron chi connectivity index (χ1n) is 10.1. The summed E-state index contributed by atoms with van der Waals surface area (Å²) in [5.41, 5.74) is 1.92. The first kappa shape index (κ1) is 19.6. The van der Waals surface area contributed by atoms with Crippen molar-refractivity contribution in [1.82, 2.24) is 25.1 Å². The molecule has 0 atom stereocenters. The van der Waals surface area contributed by atoms with Crippen LogP contribution in [-0.2, 0) is 11.3 Å². The average Bonchev–Trinajstić information content (AvgIpc) is 3.17. The van der Waals surface area contributed by atoms with Crippen LogP contribution in [-0.4, -0.2) is 37.5 Å². The Morgan fingerprint density at radius 1 is 1.03 bits per heavy atom. The molecule has 0 radical (unpaired) electrons. The highest BCUT2D eigenvalue weighted by Crippen LogP contribution is 2.24. The van der Waals surface area contributed by atoms with Gasteiger partial charge in [0.25, 0.3) is 0 Å². The van der Waals surface area contributed by atoms with E-state index in [0.717, 1.165) is 29.3 Å². The largest absolute Gasteiger partial charge is 0.353 e. The van der Waals surface area contributed by atoms with Crippen LogP contribution in [0.15, 0.2) is 59.9 Å². The number of carbonyl (C=O) groups is 1. The van der Waals surface area contributed by atoms with Crippen LogP contribution >= 0.6 is 11.8 Å². The fourth-order valence-electron chi connectivity index (χ4n) is 3.63. The zero-order chi connectivity index (χ0) is 19.9. The Morgan fingerprint density at radius 2 is 1.83 bits per heavy atom. The normalized spacial score (nSPS) is 14.6. The molecule has 0 saturated heterocycles. The van der Waals surface area contributed by atoms with Gasteiger partial charge >= 0.3 is 0 Å². The van der Waals surface area contributed by atoms with Gasteiger partial charge in [-0.3, -0.25) is 14.3 Å². The Labute approximate surface area is 175 Å². The van der Waals surface area contributed by atoms with Gasteiger partial charge in [0.2, 0.25) is 5.91 Å². The molecule has 3 aromatic rings. The third-order valence-electron chi connectivity index (χ3n) is 5.10. The molecule has 7 heteroatoms. The number of rotatable bonds is 7. The summed E-state index contributed by atoms with van der Waals surface area (Å²) in [6, 6.07) is 16.3. The van der Waals surface area contributed by atoms with E-state index in [-0.39, 0.29) is 5.91 Å². The second-order valence-electron chi connectivity index (χ2n) is 7.28. The average molecular weight is 408 g/mol. The first-order chi connectivity index (χ1) is 14.3. The van der Waals surface area contributed by atoms with Crippen molar-refractivity contribution in [1.29, 1.82) is 0 Å². The van der Waals surface area contributed by atoms with Crippen LogP contribution in [0.2, 0.25) is 0 Å². The lowest BCUT2D eigenvalue weighted by Crippen LogP contribution is -2.37. The fourth-order valence-corrected chi connectivity index (χ4v) is 4.38. The molecule has 1 aliphatic rings. The van der Waals surface area contributed by atoms with E-state index in [1.807, 2.05) is 41.0 Å². The minimum Gasteiger partial charge on any atom is -0.353 e. The van der Waals surface area contributed by atoms with Crippen molar-refractivity contribution in [2.24, 2.45) is 0 Å². The Kier molecular flexibility index (Phi) is 6.56. The van der Waals surface area contributed by atoms with Gasteiger partial charge in [0.15, 0.2) is 11.0 Å². The zero-order valence-electron chi connectivity index (χ0n) is 16.3. The molecular formula is C22H25N5OS. The molecule has 6 nitrogen and oxygen atoms in total. The van der Waals surface area contributed by atoms with Gasteiger partial charge in [-0.05, 0) is 30.5 Å². The summed E-state index contributed by atoms with van der Waals surface area (Å²) >= 11 is 1.43. The number of amides is 1. The third kappa shape index (κ3) is 5.23. The van der Waals surface area contributed by atoms with E-state index in [2.05, 4.69) is 32.6 Å². The molecule has 2 heterocycles. The van der Waals surface area contributed by atoms with Crippen molar-refractivity contribution in [3.05, 3.63) is 60.3 Å². The van der Waals surface area contributed by atoms with Crippen LogP contribution < -0.4 is 5.32 Å². The number of hydrogen-bond donors (Lipinski definition) is 1. The third-order valence-corrected chi connectivity index (χ3v) is 6.06. The summed E-state index contributed by atoms with van der Waals surface area (Å²) in [7, 11) is 0. The molecule has 0 bridgehead atoms. The molecule has 29 heavy (non-hydrogen) atoms. The van der Waals surface area contributed by atoms with E-state index >= 15 is 0 Å². The summed E-state index contributed by atoms with van der Waals surface area (Å²) in [5.74, 6) is 1.12. The first-order valence-corrected chi connectivity index (χ1v) is 11.1. The lowest BCUT2D eigenvalue weighted by molar-refractivity contribution is -0.119. The molecule has 1 fully saturated rings. The highest BCUT2D eigenvalue weighted by atomic mass is 32.2. The number of hydrogen-bond acceptors (Lipinski definition) is 5. The Morgan fingerprint density at radius 3 is 2.59 bits per heavy atom. The molecule has 1 amide bonds. The maximum atomic E-state index is 12.4. The minimum absolute atomic E-state index is 0.0653. The van der Waals surface area contributed by atoms with Crippen molar-refractivity contribution < 1.29 is 4.79 Å². The van der Waals surface area contributed by atoms with Gasteiger partial charge in [-0.25, -0.2) is 0 Å². The summed E-state index contributed by atoms with van der Waals surface area (Å²) in [4.78, 5) is 16.9. The number of carbonyl (C=O) groups excluding carboxylic acids is 1. The Balaban J connectivity index is 1.50. The number of nitrogens with zero attached hydrogens (tertiary/aromatic N) is 4. The van der Waals surface area contributed by atoms with Crippen LogP contribution in [0.3, 0.4) is 0 Å². The number of benzene rings is 1. The smallest absolute Gasteiger partial charge is 0.230 e. The fraction of sp³-hybridized carbons (Fsp3) is 0.364. The SMILES string of the molecule is O=C(CSc1nnc(-c2ccccn2)n1Cc1ccccc1)NC1CCCCC1. The molecule has 1 aliphatic carbocycles. The van der Waals surface area contributed by atoms with Crippen LogP contribution in [0.25, 0.3) is 11.5 Å². The van der Waals surface area contributed by atoms with Gasteiger partial charge in [-0.2, -0.15) is 0 Å². The van der Waals surface area contributed by atoms with Crippen LogP contribution in [0.5, 0.6) is 0 Å². The lowest BCUT2D eigenvalue weighted by atomic mass is 9.95. The molecule has 150 valence electrons. The Bertz CT molecular complexity index is 923. The monoisotopic (exact) mass is 407 g/mol. The van der Waals surface area contributed by atoms with Crippen molar-refractivity contribution in [3.63, 3.8) is 0 Å². The van der Waals surface area contributed by atoms with Crippen molar-refractivity contribution in [2.45, 2.75) is 49.8 Å². The second kappa shape index (κ2) is 9.69. The van der Waals surface area contributed by atoms with Gasteiger partial charge in [0, 0.05) is 12.2 Å².